The van der Waals surface area contributed by atoms with E-state index in [0.717, 1.165) is 0 Å². The van der Waals surface area contributed by atoms with E-state index >= 15 is 0 Å². The highest BCUT2D eigenvalue weighted by Crippen LogP contribution is 2.33. The Kier molecular flexibility index (Phi) is 4.94. The lowest BCUT2D eigenvalue weighted by Gasteiger charge is -2.12. The number of nitrogens with one attached hydrogen (secondary N) is 1. The van der Waals surface area contributed by atoms with E-state index in [1.54, 1.807) is 47.3 Å². The molecule has 1 heterocycles. The Bertz CT molecular complexity index is 866. The zero-order valence-corrected chi connectivity index (χ0v) is 13.5. The van der Waals surface area contributed by atoms with Gasteiger partial charge in [-0.3, -0.25) is 4.79 Å². The normalized spacial score (nSPS) is 10.3. The highest BCUT2D eigenvalue weighted by molar-refractivity contribution is 5.90. The number of ether oxygens (including phenoxy) is 2. The fraction of sp³-hybridized carbons (Fsp3) is 0.111. The molecule has 0 aliphatic rings. The Morgan fingerprint density at radius 2 is 2.00 bits per heavy atom. The lowest BCUT2D eigenvalue weighted by atomic mass is 10.2. The average Bonchev–Trinajstić information content (AvgIpc) is 3.10. The molecule has 1 aromatic heterocycles. The van der Waals surface area contributed by atoms with Crippen LogP contribution in [-0.4, -0.2) is 22.6 Å². The van der Waals surface area contributed by atoms with Crippen LogP contribution in [0, 0.1) is 5.82 Å². The van der Waals surface area contributed by atoms with Gasteiger partial charge in [0.25, 0.3) is 0 Å². The molecular formula is C18H16FN3O3. The summed E-state index contributed by atoms with van der Waals surface area (Å²) < 4.78 is 26.6. The van der Waals surface area contributed by atoms with Crippen molar-refractivity contribution in [2.24, 2.45) is 0 Å². The third-order valence-corrected chi connectivity index (χ3v) is 3.39. The van der Waals surface area contributed by atoms with E-state index in [1.807, 2.05) is 0 Å². The lowest BCUT2D eigenvalue weighted by molar-refractivity contribution is -0.116. The predicted molar refractivity (Wildman–Crippen MR) is 90.3 cm³/mol. The van der Waals surface area contributed by atoms with E-state index in [0.29, 0.717) is 17.2 Å². The maximum Gasteiger partial charge on any atom is 0.244 e. The third kappa shape index (κ3) is 4.14. The first kappa shape index (κ1) is 16.5. The van der Waals surface area contributed by atoms with Crippen LogP contribution in [-0.2, 0) is 11.3 Å². The maximum absolute atomic E-state index is 14.3. The molecule has 128 valence electrons. The molecule has 0 saturated carbocycles. The van der Waals surface area contributed by atoms with Gasteiger partial charge >= 0.3 is 0 Å². The van der Waals surface area contributed by atoms with Crippen LogP contribution >= 0.6 is 0 Å². The molecule has 0 aliphatic heterocycles. The molecule has 3 aromatic rings. The zero-order valence-electron chi connectivity index (χ0n) is 13.5. The summed E-state index contributed by atoms with van der Waals surface area (Å²) in [6.07, 6.45) is 4.78. The number of carbonyl (C=O) groups excluding carboxylic acids is 1. The van der Waals surface area contributed by atoms with Gasteiger partial charge in [0.1, 0.15) is 6.54 Å². The number of imidazole rings is 1. The summed E-state index contributed by atoms with van der Waals surface area (Å²) in [7, 11) is 1.51. The van der Waals surface area contributed by atoms with Gasteiger partial charge in [0, 0.05) is 24.1 Å². The summed E-state index contributed by atoms with van der Waals surface area (Å²) in [5.41, 5.74) is 0.343. The minimum Gasteiger partial charge on any atom is -0.493 e. The number of aromatic nitrogens is 2. The van der Waals surface area contributed by atoms with Gasteiger partial charge in [0.15, 0.2) is 23.1 Å². The number of para-hydroxylation sites is 2. The van der Waals surface area contributed by atoms with E-state index < -0.39 is 5.82 Å². The van der Waals surface area contributed by atoms with Gasteiger partial charge in [-0.2, -0.15) is 0 Å². The number of anilines is 1. The molecule has 3 rings (SSSR count). The van der Waals surface area contributed by atoms with Gasteiger partial charge in [-0.1, -0.05) is 12.1 Å². The second kappa shape index (κ2) is 7.48. The summed E-state index contributed by atoms with van der Waals surface area (Å²) in [6.45, 7) is 0.0983. The average molecular weight is 341 g/mol. The number of benzene rings is 2. The molecular weight excluding hydrogens is 325 g/mol. The van der Waals surface area contributed by atoms with Gasteiger partial charge < -0.3 is 19.4 Å². The number of hydrogen-bond donors (Lipinski definition) is 1. The molecule has 0 spiro atoms. The van der Waals surface area contributed by atoms with Crippen LogP contribution in [0.3, 0.4) is 0 Å². The Labute approximate surface area is 143 Å². The molecule has 0 saturated heterocycles. The second-order valence-corrected chi connectivity index (χ2v) is 5.18. The van der Waals surface area contributed by atoms with Crippen LogP contribution in [0.4, 0.5) is 10.1 Å². The first-order valence-electron chi connectivity index (χ1n) is 7.52. The molecule has 0 bridgehead atoms. The van der Waals surface area contributed by atoms with E-state index in [9.17, 15) is 9.18 Å². The Morgan fingerprint density at radius 3 is 2.68 bits per heavy atom. The van der Waals surface area contributed by atoms with Crippen molar-refractivity contribution in [3.8, 4) is 17.2 Å². The van der Waals surface area contributed by atoms with Crippen molar-refractivity contribution in [2.45, 2.75) is 6.54 Å². The van der Waals surface area contributed by atoms with Crippen molar-refractivity contribution >= 4 is 11.6 Å². The summed E-state index contributed by atoms with van der Waals surface area (Å²) in [4.78, 5) is 15.8. The molecule has 1 amide bonds. The molecule has 0 radical (unpaired) electrons. The highest BCUT2D eigenvalue weighted by atomic mass is 19.1. The Hall–Kier alpha value is -3.35. The minimum absolute atomic E-state index is 0.0390. The van der Waals surface area contributed by atoms with Gasteiger partial charge in [0.05, 0.1) is 13.4 Å². The molecule has 2 aromatic carbocycles. The Morgan fingerprint density at radius 1 is 1.20 bits per heavy atom. The van der Waals surface area contributed by atoms with E-state index in [2.05, 4.69) is 10.3 Å². The second-order valence-electron chi connectivity index (χ2n) is 5.18. The van der Waals surface area contributed by atoms with Crippen LogP contribution < -0.4 is 14.8 Å². The number of methoxy groups -OCH3 is 1. The number of hydrogen-bond acceptors (Lipinski definition) is 4. The standard InChI is InChI=1S/C18H16FN3O3/c1-24-16-4-2-3-5-17(16)25-15-7-6-13(10-14(15)19)21-18(23)11-22-9-8-20-12-22/h2-10,12H,11H2,1H3,(H,21,23). The predicted octanol–water partition coefficient (Wildman–Crippen LogP) is 3.46. The van der Waals surface area contributed by atoms with Gasteiger partial charge in [0.2, 0.25) is 5.91 Å². The van der Waals surface area contributed by atoms with Crippen molar-refractivity contribution in [1.29, 1.82) is 0 Å². The van der Waals surface area contributed by atoms with Crippen molar-refractivity contribution in [3.63, 3.8) is 0 Å². The van der Waals surface area contributed by atoms with Crippen molar-refractivity contribution in [3.05, 3.63) is 67.0 Å². The Balaban J connectivity index is 1.69. The molecule has 0 unspecified atom stereocenters. The van der Waals surface area contributed by atoms with Crippen LogP contribution in [0.5, 0.6) is 17.2 Å². The largest absolute Gasteiger partial charge is 0.493 e. The molecule has 25 heavy (non-hydrogen) atoms. The van der Waals surface area contributed by atoms with Crippen LogP contribution in [0.25, 0.3) is 0 Å². The summed E-state index contributed by atoms with van der Waals surface area (Å²) >= 11 is 0. The fourth-order valence-electron chi connectivity index (χ4n) is 2.23. The van der Waals surface area contributed by atoms with Gasteiger partial charge in [-0.05, 0) is 24.3 Å². The fourth-order valence-corrected chi connectivity index (χ4v) is 2.23. The van der Waals surface area contributed by atoms with E-state index in [4.69, 9.17) is 9.47 Å². The quantitative estimate of drug-likeness (QED) is 0.746. The zero-order chi connectivity index (χ0) is 17.6. The summed E-state index contributed by atoms with van der Waals surface area (Å²) in [5, 5.41) is 2.63. The molecule has 6 nitrogen and oxygen atoms in total. The summed E-state index contributed by atoms with van der Waals surface area (Å²) in [6, 6.07) is 11.2. The number of amides is 1. The van der Waals surface area contributed by atoms with Crippen molar-refractivity contribution in [1.82, 2.24) is 9.55 Å². The first-order valence-corrected chi connectivity index (χ1v) is 7.52. The van der Waals surface area contributed by atoms with Gasteiger partial charge in [-0.15, -0.1) is 0 Å². The molecule has 7 heteroatoms. The van der Waals surface area contributed by atoms with Crippen LogP contribution in [0.15, 0.2) is 61.2 Å². The molecule has 0 aliphatic carbocycles. The monoisotopic (exact) mass is 341 g/mol. The van der Waals surface area contributed by atoms with Gasteiger partial charge in [-0.25, -0.2) is 9.37 Å². The third-order valence-electron chi connectivity index (χ3n) is 3.39. The van der Waals surface area contributed by atoms with Crippen molar-refractivity contribution < 1.29 is 18.7 Å². The van der Waals surface area contributed by atoms with Crippen molar-refractivity contribution in [2.75, 3.05) is 12.4 Å². The molecule has 1 N–H and O–H groups in total. The SMILES string of the molecule is COc1ccccc1Oc1ccc(NC(=O)Cn2ccnc2)cc1F. The smallest absolute Gasteiger partial charge is 0.244 e. The minimum atomic E-state index is -0.591. The first-order chi connectivity index (χ1) is 12.2. The van der Waals surface area contributed by atoms with E-state index in [-0.39, 0.29) is 18.2 Å². The molecule has 0 atom stereocenters. The molecule has 0 fully saturated rings. The van der Waals surface area contributed by atoms with Crippen LogP contribution in [0.1, 0.15) is 0 Å². The van der Waals surface area contributed by atoms with E-state index in [1.165, 1.54) is 25.6 Å². The maximum atomic E-state index is 14.3. The number of nitrogens with zero attached hydrogens (tertiary/aromatic N) is 2. The number of carbonyl (C=O) groups is 1. The summed E-state index contributed by atoms with van der Waals surface area (Å²) in [5.74, 6) is 0.0691. The lowest BCUT2D eigenvalue weighted by Crippen LogP contribution is -2.17. The topological polar surface area (TPSA) is 65.4 Å². The number of rotatable bonds is 6. The van der Waals surface area contributed by atoms with Crippen LogP contribution in [0.2, 0.25) is 0 Å². The number of halogens is 1. The highest BCUT2D eigenvalue weighted by Gasteiger charge is 2.11.